The van der Waals surface area contributed by atoms with Crippen molar-refractivity contribution in [3.63, 3.8) is 0 Å². The van der Waals surface area contributed by atoms with E-state index in [2.05, 4.69) is 37.5 Å². The highest BCUT2D eigenvalue weighted by molar-refractivity contribution is 7.10. The molecule has 0 bridgehead atoms. The Labute approximate surface area is 205 Å². The second kappa shape index (κ2) is 12.4. The number of carbonyl (C=O) groups excluding carboxylic acids is 1. The first-order chi connectivity index (χ1) is 16.4. The van der Waals surface area contributed by atoms with Crippen molar-refractivity contribution in [1.82, 2.24) is 5.32 Å². The van der Waals surface area contributed by atoms with Crippen LogP contribution in [0.25, 0.3) is 0 Å². The van der Waals surface area contributed by atoms with Crippen LogP contribution in [0.3, 0.4) is 0 Å². The minimum absolute atomic E-state index is 0.0274. The van der Waals surface area contributed by atoms with Gasteiger partial charge in [0, 0.05) is 16.9 Å². The van der Waals surface area contributed by atoms with Gasteiger partial charge in [-0.2, -0.15) is 0 Å². The van der Waals surface area contributed by atoms with Crippen LogP contribution in [0.1, 0.15) is 71.6 Å². The summed E-state index contributed by atoms with van der Waals surface area (Å²) >= 11 is 1.68. The molecule has 2 aromatic carbocycles. The molecule has 1 unspecified atom stereocenters. The first-order valence-electron chi connectivity index (χ1n) is 11.7. The van der Waals surface area contributed by atoms with Crippen molar-refractivity contribution in [3.05, 3.63) is 87.1 Å². The van der Waals surface area contributed by atoms with Gasteiger partial charge in [-0.3, -0.25) is 9.59 Å². The van der Waals surface area contributed by atoms with Gasteiger partial charge >= 0.3 is 5.97 Å². The lowest BCUT2D eigenvalue weighted by Gasteiger charge is -2.21. The summed E-state index contributed by atoms with van der Waals surface area (Å²) in [4.78, 5) is 25.8. The average Bonchev–Trinajstić information content (AvgIpc) is 3.31. The Balaban J connectivity index is 1.84. The molecular weight excluding hydrogens is 446 g/mol. The number of nitrogens with one attached hydrogen (secondary N) is 1. The molecule has 0 saturated heterocycles. The fourth-order valence-corrected chi connectivity index (χ4v) is 4.84. The molecule has 180 valence electrons. The zero-order valence-electron chi connectivity index (χ0n) is 20.0. The molecule has 0 radical (unpaired) electrons. The lowest BCUT2D eigenvalue weighted by Crippen LogP contribution is -2.30. The van der Waals surface area contributed by atoms with Crippen molar-refractivity contribution in [2.75, 3.05) is 0 Å². The smallest absolute Gasteiger partial charge is 0.303 e. The van der Waals surface area contributed by atoms with Crippen molar-refractivity contribution < 1.29 is 19.4 Å². The number of hydrogen-bond donors (Lipinski definition) is 2. The number of carboxylic acid groups (broad SMARTS) is 1. The van der Waals surface area contributed by atoms with E-state index >= 15 is 0 Å². The largest absolute Gasteiger partial charge is 0.489 e. The number of aliphatic carboxylic acids is 1. The Bertz CT molecular complexity index is 1090. The van der Waals surface area contributed by atoms with E-state index in [0.717, 1.165) is 34.6 Å². The minimum Gasteiger partial charge on any atom is -0.489 e. The molecule has 0 saturated carbocycles. The predicted octanol–water partition coefficient (Wildman–Crippen LogP) is 6.42. The fraction of sp³-hybridized carbons (Fsp3) is 0.357. The van der Waals surface area contributed by atoms with Gasteiger partial charge in [-0.25, -0.2) is 0 Å². The fourth-order valence-electron chi connectivity index (χ4n) is 3.78. The van der Waals surface area contributed by atoms with E-state index in [1.165, 1.54) is 5.56 Å². The molecule has 0 spiro atoms. The zero-order chi connectivity index (χ0) is 24.5. The maximum atomic E-state index is 13.5. The van der Waals surface area contributed by atoms with Gasteiger partial charge in [0.1, 0.15) is 12.4 Å². The first kappa shape index (κ1) is 25.5. The lowest BCUT2D eigenvalue weighted by molar-refractivity contribution is -0.136. The summed E-state index contributed by atoms with van der Waals surface area (Å²) in [6, 6.07) is 17.2. The topological polar surface area (TPSA) is 75.6 Å². The van der Waals surface area contributed by atoms with Crippen LogP contribution >= 0.6 is 11.3 Å². The third-order valence-electron chi connectivity index (χ3n) is 5.61. The molecule has 1 aromatic heterocycles. The highest BCUT2D eigenvalue weighted by Crippen LogP contribution is 2.28. The molecule has 34 heavy (non-hydrogen) atoms. The monoisotopic (exact) mass is 479 g/mol. The molecule has 6 heteroatoms. The van der Waals surface area contributed by atoms with Gasteiger partial charge < -0.3 is 15.2 Å². The molecule has 0 aliphatic heterocycles. The predicted molar refractivity (Wildman–Crippen MR) is 137 cm³/mol. The molecule has 2 N–H and O–H groups in total. The molecule has 1 amide bonds. The number of ether oxygens (including phenoxy) is 1. The standard InChI is InChI=1S/C28H33NO4S/c1-4-20-16-26(34-18-20)25(14-19(2)3)29-28(32)24-15-21(10-11-22(24)12-13-27(30)31)17-33-23-8-6-5-7-9-23/h5-11,15-16,18-19,25H,4,12-14,17H2,1-3H3,(H,29,32)(H,30,31). The summed E-state index contributed by atoms with van der Waals surface area (Å²) in [5.41, 5.74) is 3.37. The molecule has 3 rings (SSSR count). The van der Waals surface area contributed by atoms with Crippen LogP contribution in [-0.4, -0.2) is 17.0 Å². The Morgan fingerprint density at radius 1 is 1.06 bits per heavy atom. The quantitative estimate of drug-likeness (QED) is 0.314. The number of thiophene rings is 1. The van der Waals surface area contributed by atoms with Crippen molar-refractivity contribution in [2.24, 2.45) is 5.92 Å². The van der Waals surface area contributed by atoms with Crippen LogP contribution in [0.2, 0.25) is 0 Å². The maximum Gasteiger partial charge on any atom is 0.303 e. The van der Waals surface area contributed by atoms with Gasteiger partial charge in [0.2, 0.25) is 0 Å². The Morgan fingerprint density at radius 2 is 1.82 bits per heavy atom. The summed E-state index contributed by atoms with van der Waals surface area (Å²) in [6.07, 6.45) is 2.06. The molecular formula is C28H33NO4S. The van der Waals surface area contributed by atoms with Crippen LogP contribution in [0, 0.1) is 5.92 Å². The summed E-state index contributed by atoms with van der Waals surface area (Å²) in [7, 11) is 0. The Kier molecular flexibility index (Phi) is 9.28. The van der Waals surface area contributed by atoms with Crippen LogP contribution in [0.4, 0.5) is 0 Å². The van der Waals surface area contributed by atoms with Gasteiger partial charge in [0.05, 0.1) is 6.04 Å². The maximum absolute atomic E-state index is 13.5. The molecule has 5 nitrogen and oxygen atoms in total. The van der Waals surface area contributed by atoms with E-state index in [4.69, 9.17) is 9.84 Å². The summed E-state index contributed by atoms with van der Waals surface area (Å²) in [5, 5.41) is 14.5. The van der Waals surface area contributed by atoms with Crippen LogP contribution in [0.5, 0.6) is 5.75 Å². The number of carboxylic acids is 1. The van der Waals surface area contributed by atoms with E-state index in [1.807, 2.05) is 48.5 Å². The second-order valence-corrected chi connectivity index (χ2v) is 9.80. The van der Waals surface area contributed by atoms with E-state index in [-0.39, 0.29) is 18.4 Å². The third kappa shape index (κ3) is 7.45. The number of aryl methyl sites for hydroxylation is 2. The van der Waals surface area contributed by atoms with E-state index in [9.17, 15) is 9.59 Å². The zero-order valence-corrected chi connectivity index (χ0v) is 20.9. The molecule has 0 aliphatic carbocycles. The summed E-state index contributed by atoms with van der Waals surface area (Å²) in [6.45, 7) is 6.74. The van der Waals surface area contributed by atoms with Gasteiger partial charge in [0.15, 0.2) is 0 Å². The van der Waals surface area contributed by atoms with Gasteiger partial charge in [-0.05, 0) is 71.5 Å². The lowest BCUT2D eigenvalue weighted by atomic mass is 9.97. The summed E-state index contributed by atoms with van der Waals surface area (Å²) in [5.74, 6) is 0.102. The number of carbonyl (C=O) groups is 2. The number of amides is 1. The average molecular weight is 480 g/mol. The number of hydrogen-bond acceptors (Lipinski definition) is 4. The van der Waals surface area contributed by atoms with Crippen LogP contribution in [-0.2, 0) is 24.2 Å². The van der Waals surface area contributed by atoms with Crippen molar-refractivity contribution in [3.8, 4) is 5.75 Å². The first-order valence-corrected chi connectivity index (χ1v) is 12.6. The van der Waals surface area contributed by atoms with Gasteiger partial charge in [-0.15, -0.1) is 11.3 Å². The van der Waals surface area contributed by atoms with Gasteiger partial charge in [-0.1, -0.05) is 51.1 Å². The van der Waals surface area contributed by atoms with E-state index < -0.39 is 5.97 Å². The second-order valence-electron chi connectivity index (χ2n) is 8.85. The van der Waals surface area contributed by atoms with Crippen molar-refractivity contribution in [2.45, 2.75) is 59.1 Å². The van der Waals surface area contributed by atoms with Crippen LogP contribution < -0.4 is 10.1 Å². The van der Waals surface area contributed by atoms with Crippen molar-refractivity contribution >= 4 is 23.2 Å². The molecule has 0 fully saturated rings. The molecule has 0 aliphatic rings. The minimum atomic E-state index is -0.883. The number of para-hydroxylation sites is 1. The number of benzene rings is 2. The highest BCUT2D eigenvalue weighted by atomic mass is 32.1. The number of rotatable bonds is 12. The van der Waals surface area contributed by atoms with Crippen molar-refractivity contribution in [1.29, 1.82) is 0 Å². The Hall–Kier alpha value is -3.12. The highest BCUT2D eigenvalue weighted by Gasteiger charge is 2.21. The molecule has 1 heterocycles. The van der Waals surface area contributed by atoms with Gasteiger partial charge in [0.25, 0.3) is 5.91 Å². The van der Waals surface area contributed by atoms with Crippen LogP contribution in [0.15, 0.2) is 60.0 Å². The SMILES string of the molecule is CCc1csc(C(CC(C)C)NC(=O)c2cc(COc3ccccc3)ccc2CCC(=O)O)c1. The Morgan fingerprint density at radius 3 is 2.47 bits per heavy atom. The molecule has 3 aromatic rings. The van der Waals surface area contributed by atoms with E-state index in [0.29, 0.717) is 24.5 Å². The van der Waals surface area contributed by atoms with E-state index in [1.54, 1.807) is 11.3 Å². The molecule has 1 atom stereocenters. The normalized spacial score (nSPS) is 11.9. The summed E-state index contributed by atoms with van der Waals surface area (Å²) < 4.78 is 5.86. The third-order valence-corrected chi connectivity index (χ3v) is 6.71.